The van der Waals surface area contributed by atoms with Crippen LogP contribution in [0.5, 0.6) is 0 Å². The highest BCUT2D eigenvalue weighted by molar-refractivity contribution is 5.89. The molecule has 3 atom stereocenters. The van der Waals surface area contributed by atoms with Crippen molar-refractivity contribution in [2.45, 2.75) is 63.3 Å². The number of benzene rings is 1. The molecule has 0 radical (unpaired) electrons. The predicted octanol–water partition coefficient (Wildman–Crippen LogP) is 3.67. The number of aryl methyl sites for hydroxylation is 1. The second kappa shape index (κ2) is 10.8. The summed E-state index contributed by atoms with van der Waals surface area (Å²) in [7, 11) is 0. The summed E-state index contributed by atoms with van der Waals surface area (Å²) in [4.78, 5) is 44.6. The van der Waals surface area contributed by atoms with Gasteiger partial charge in [-0.1, -0.05) is 42.5 Å². The van der Waals surface area contributed by atoms with Crippen LogP contribution in [0, 0.1) is 5.95 Å². The van der Waals surface area contributed by atoms with Gasteiger partial charge in [0.15, 0.2) is 0 Å². The molecule has 9 heteroatoms. The number of halogens is 2. The van der Waals surface area contributed by atoms with E-state index in [2.05, 4.69) is 10.3 Å². The Morgan fingerprint density at radius 3 is 2.55 bits per heavy atom. The minimum Gasteiger partial charge on any atom is -0.342 e. The molecule has 1 aliphatic heterocycles. The molecule has 198 valence electrons. The van der Waals surface area contributed by atoms with Crippen molar-refractivity contribution in [3.8, 4) is 0 Å². The van der Waals surface area contributed by atoms with Crippen LogP contribution in [0.25, 0.3) is 0 Å². The fourth-order valence-corrected chi connectivity index (χ4v) is 5.07. The molecular weight excluding hydrogens is 490 g/mol. The summed E-state index contributed by atoms with van der Waals surface area (Å²) in [6, 6.07) is 13.8. The summed E-state index contributed by atoms with van der Waals surface area (Å²) in [6.07, 6.45) is 1.74. The van der Waals surface area contributed by atoms with Crippen LogP contribution in [0.15, 0.2) is 65.6 Å². The normalized spacial score (nSPS) is 19.8. The van der Waals surface area contributed by atoms with Gasteiger partial charge >= 0.3 is 0 Å². The molecule has 1 aliphatic carbocycles. The molecule has 2 amide bonds. The van der Waals surface area contributed by atoms with E-state index in [9.17, 15) is 23.2 Å². The van der Waals surface area contributed by atoms with Gasteiger partial charge < -0.3 is 14.8 Å². The largest absolute Gasteiger partial charge is 0.342 e. The Kier molecular flexibility index (Phi) is 7.35. The number of hydrogen-bond acceptors (Lipinski definition) is 4. The smallest absolute Gasteiger partial charge is 0.254 e. The number of carbonyl (C=O) groups is 2. The number of rotatable bonds is 8. The average molecular weight is 521 g/mol. The van der Waals surface area contributed by atoms with Gasteiger partial charge in [0.25, 0.3) is 5.56 Å². The van der Waals surface area contributed by atoms with Gasteiger partial charge in [0.05, 0.1) is 24.7 Å². The predicted molar refractivity (Wildman–Crippen MR) is 138 cm³/mol. The number of carbonyl (C=O) groups excluding carboxylic acids is 2. The standard InChI is InChI=1S/C29H30F2N4O3/c1-2-34-14-6-9-20(29(34)38)15-25(36)35-17-21(30)16-24(35)28(37)33-26(19-7-4-3-5-8-19)23-13-12-22(18-10-11-18)27(31)32-23/h3-9,12-14,18,21,24,26H,2,10-11,15-17H2,1H3,(H,33,37). The van der Waals surface area contributed by atoms with Crippen LogP contribution in [-0.4, -0.2) is 45.0 Å². The molecular formula is C29H30F2N4O3. The zero-order chi connectivity index (χ0) is 26.8. The van der Waals surface area contributed by atoms with Gasteiger partial charge in [0.2, 0.25) is 17.8 Å². The van der Waals surface area contributed by atoms with Crippen molar-refractivity contribution in [2.75, 3.05) is 6.54 Å². The molecule has 1 saturated heterocycles. The third-order valence-corrected chi connectivity index (χ3v) is 7.29. The number of hydrogen-bond donors (Lipinski definition) is 1. The first-order valence-electron chi connectivity index (χ1n) is 13.0. The molecule has 2 aromatic heterocycles. The van der Waals surface area contributed by atoms with Crippen LogP contribution < -0.4 is 10.9 Å². The Balaban J connectivity index is 1.38. The van der Waals surface area contributed by atoms with E-state index in [1.165, 1.54) is 9.47 Å². The molecule has 2 fully saturated rings. The van der Waals surface area contributed by atoms with Gasteiger partial charge in [-0.05, 0) is 43.4 Å². The molecule has 38 heavy (non-hydrogen) atoms. The second-order valence-corrected chi connectivity index (χ2v) is 9.94. The molecule has 1 saturated carbocycles. The van der Waals surface area contributed by atoms with Gasteiger partial charge in [-0.3, -0.25) is 14.4 Å². The number of aromatic nitrogens is 2. The van der Waals surface area contributed by atoms with Crippen molar-refractivity contribution in [1.82, 2.24) is 19.8 Å². The minimum absolute atomic E-state index is 0.157. The third-order valence-electron chi connectivity index (χ3n) is 7.29. The topological polar surface area (TPSA) is 84.3 Å². The van der Waals surface area contributed by atoms with Crippen LogP contribution in [-0.2, 0) is 22.6 Å². The quantitative estimate of drug-likeness (QED) is 0.460. The maximum atomic E-state index is 14.8. The average Bonchev–Trinajstić information content (AvgIpc) is 3.68. The van der Waals surface area contributed by atoms with Crippen LogP contribution in [0.4, 0.5) is 8.78 Å². The lowest BCUT2D eigenvalue weighted by Gasteiger charge is -2.26. The maximum absolute atomic E-state index is 14.8. The van der Waals surface area contributed by atoms with Gasteiger partial charge in [0, 0.05) is 30.3 Å². The summed E-state index contributed by atoms with van der Waals surface area (Å²) in [5.41, 5.74) is 1.58. The van der Waals surface area contributed by atoms with Gasteiger partial charge in [-0.2, -0.15) is 4.39 Å². The molecule has 2 aliphatic rings. The molecule has 0 spiro atoms. The van der Waals surface area contributed by atoms with Gasteiger partial charge in [-0.15, -0.1) is 0 Å². The second-order valence-electron chi connectivity index (χ2n) is 9.94. The SMILES string of the molecule is CCn1cccc(CC(=O)N2CC(F)CC2C(=O)NC(c2ccccc2)c2ccc(C3CC3)c(F)n2)c1=O. The van der Waals surface area contributed by atoms with Crippen LogP contribution in [0.1, 0.15) is 60.5 Å². The van der Waals surface area contributed by atoms with Crippen LogP contribution in [0.3, 0.4) is 0 Å². The fourth-order valence-electron chi connectivity index (χ4n) is 5.07. The fraction of sp³-hybridized carbons (Fsp3) is 0.379. The number of nitrogens with one attached hydrogen (secondary N) is 1. The highest BCUT2D eigenvalue weighted by atomic mass is 19.1. The molecule has 1 aromatic carbocycles. The zero-order valence-electron chi connectivity index (χ0n) is 21.1. The van der Waals surface area contributed by atoms with Crippen molar-refractivity contribution in [3.05, 3.63) is 99.5 Å². The third kappa shape index (κ3) is 5.37. The molecule has 3 unspecified atom stereocenters. The van der Waals surface area contributed by atoms with Crippen LogP contribution in [0.2, 0.25) is 0 Å². The molecule has 5 rings (SSSR count). The monoisotopic (exact) mass is 520 g/mol. The van der Waals surface area contributed by atoms with Crippen molar-refractivity contribution in [2.24, 2.45) is 0 Å². The van der Waals surface area contributed by atoms with Crippen LogP contribution >= 0.6 is 0 Å². The van der Waals surface area contributed by atoms with Gasteiger partial charge in [0.1, 0.15) is 12.2 Å². The van der Waals surface area contributed by atoms with E-state index in [0.29, 0.717) is 28.9 Å². The highest BCUT2D eigenvalue weighted by Gasteiger charge is 2.41. The lowest BCUT2D eigenvalue weighted by Crippen LogP contribution is -2.48. The summed E-state index contributed by atoms with van der Waals surface area (Å²) in [5.74, 6) is -1.42. The maximum Gasteiger partial charge on any atom is 0.254 e. The number of alkyl halides is 1. The summed E-state index contributed by atoms with van der Waals surface area (Å²) < 4.78 is 30.8. The zero-order valence-corrected chi connectivity index (χ0v) is 21.1. The highest BCUT2D eigenvalue weighted by Crippen LogP contribution is 2.41. The number of nitrogens with zero attached hydrogens (tertiary/aromatic N) is 3. The minimum atomic E-state index is -1.37. The number of pyridine rings is 2. The Hall–Kier alpha value is -3.88. The lowest BCUT2D eigenvalue weighted by molar-refractivity contribution is -0.138. The van der Waals surface area contributed by atoms with E-state index in [0.717, 1.165) is 12.8 Å². The van der Waals surface area contributed by atoms with Crippen molar-refractivity contribution < 1.29 is 18.4 Å². The van der Waals surface area contributed by atoms with E-state index in [1.54, 1.807) is 54.7 Å². The van der Waals surface area contributed by atoms with Crippen molar-refractivity contribution in [3.63, 3.8) is 0 Å². The van der Waals surface area contributed by atoms with E-state index < -0.39 is 36.0 Å². The molecule has 7 nitrogen and oxygen atoms in total. The molecule has 3 aromatic rings. The first kappa shape index (κ1) is 25.8. The Bertz CT molecular complexity index is 1390. The first-order valence-corrected chi connectivity index (χ1v) is 13.0. The summed E-state index contributed by atoms with van der Waals surface area (Å²) >= 11 is 0. The van der Waals surface area contributed by atoms with E-state index in [1.807, 2.05) is 13.0 Å². The molecule has 3 heterocycles. The first-order chi connectivity index (χ1) is 18.4. The number of likely N-dealkylation sites (tertiary alicyclic amines) is 1. The summed E-state index contributed by atoms with van der Waals surface area (Å²) in [6.45, 7) is 2.05. The Morgan fingerprint density at radius 1 is 1.11 bits per heavy atom. The van der Waals surface area contributed by atoms with Crippen molar-refractivity contribution >= 4 is 11.8 Å². The Morgan fingerprint density at radius 2 is 1.87 bits per heavy atom. The van der Waals surface area contributed by atoms with E-state index >= 15 is 0 Å². The van der Waals surface area contributed by atoms with Crippen molar-refractivity contribution in [1.29, 1.82) is 0 Å². The molecule has 1 N–H and O–H groups in total. The molecule has 0 bridgehead atoms. The Labute approximate surface area is 219 Å². The number of amides is 2. The van der Waals surface area contributed by atoms with E-state index in [4.69, 9.17) is 0 Å². The van der Waals surface area contributed by atoms with Gasteiger partial charge in [-0.25, -0.2) is 9.37 Å². The lowest BCUT2D eigenvalue weighted by atomic mass is 10.0. The summed E-state index contributed by atoms with van der Waals surface area (Å²) in [5, 5.41) is 2.89. The van der Waals surface area contributed by atoms with E-state index in [-0.39, 0.29) is 30.9 Å².